The summed E-state index contributed by atoms with van der Waals surface area (Å²) in [5.74, 6) is 0. The average molecular weight is 214 g/mol. The highest BCUT2D eigenvalue weighted by Gasteiger charge is 2.28. The van der Waals surface area contributed by atoms with E-state index in [0.29, 0.717) is 0 Å². The van der Waals surface area contributed by atoms with Gasteiger partial charge in [0.05, 0.1) is 0 Å². The van der Waals surface area contributed by atoms with Crippen LogP contribution in [0.25, 0.3) is 0 Å². The van der Waals surface area contributed by atoms with Gasteiger partial charge in [0, 0.05) is 5.54 Å². The molecule has 0 atom stereocenters. The number of ether oxygens (including phenoxy) is 1. The summed E-state index contributed by atoms with van der Waals surface area (Å²) in [6, 6.07) is 0. The number of rotatable bonds is 3. The highest BCUT2D eigenvalue weighted by molar-refractivity contribution is 5.67. The second-order valence-electron chi connectivity index (χ2n) is 3.53. The van der Waals surface area contributed by atoms with Gasteiger partial charge in [0.2, 0.25) is 0 Å². The van der Waals surface area contributed by atoms with Gasteiger partial charge in [-0.15, -0.1) is 0 Å². The van der Waals surface area contributed by atoms with E-state index in [2.05, 4.69) is 4.74 Å². The molecule has 0 bridgehead atoms. The Kier molecular flexibility index (Phi) is 4.18. The zero-order chi connectivity index (χ0) is 11.4. The standard InChI is InChI=1S/C7H13F3N2O2/c1-6(2,11)4-14-5(13)12-3-7(8,9)10/h3-4,11H2,1-2H3,(H,12,13). The molecule has 3 N–H and O–H groups in total. The highest BCUT2D eigenvalue weighted by atomic mass is 19.4. The van der Waals surface area contributed by atoms with Crippen LogP contribution in [0.2, 0.25) is 0 Å². The number of hydrogen-bond donors (Lipinski definition) is 2. The minimum atomic E-state index is -4.43. The zero-order valence-corrected chi connectivity index (χ0v) is 7.94. The van der Waals surface area contributed by atoms with Gasteiger partial charge in [0.25, 0.3) is 0 Å². The van der Waals surface area contributed by atoms with Crippen LogP contribution in [0.3, 0.4) is 0 Å². The summed E-state index contributed by atoms with van der Waals surface area (Å²) in [7, 11) is 0. The van der Waals surface area contributed by atoms with Crippen molar-refractivity contribution in [2.45, 2.75) is 25.6 Å². The van der Waals surface area contributed by atoms with E-state index in [1.54, 1.807) is 19.2 Å². The van der Waals surface area contributed by atoms with E-state index in [9.17, 15) is 18.0 Å². The third kappa shape index (κ3) is 9.11. The smallest absolute Gasteiger partial charge is 0.407 e. The zero-order valence-electron chi connectivity index (χ0n) is 7.94. The Balaban J connectivity index is 3.68. The number of alkyl carbamates (subject to hydrolysis) is 1. The van der Waals surface area contributed by atoms with Gasteiger partial charge < -0.3 is 15.8 Å². The van der Waals surface area contributed by atoms with Crippen molar-refractivity contribution in [1.29, 1.82) is 0 Å². The van der Waals surface area contributed by atoms with Crippen molar-refractivity contribution in [3.8, 4) is 0 Å². The minimum Gasteiger partial charge on any atom is -0.448 e. The number of nitrogens with one attached hydrogen (secondary N) is 1. The van der Waals surface area contributed by atoms with Crippen LogP contribution in [-0.2, 0) is 4.74 Å². The van der Waals surface area contributed by atoms with E-state index in [0.717, 1.165) is 0 Å². The molecule has 0 aliphatic carbocycles. The lowest BCUT2D eigenvalue weighted by Crippen LogP contribution is -2.41. The fraction of sp³-hybridized carbons (Fsp3) is 0.857. The first-order valence-corrected chi connectivity index (χ1v) is 3.86. The van der Waals surface area contributed by atoms with E-state index in [4.69, 9.17) is 5.73 Å². The lowest BCUT2D eigenvalue weighted by Gasteiger charge is -2.18. The van der Waals surface area contributed by atoms with Crippen molar-refractivity contribution >= 4 is 6.09 Å². The molecule has 0 aromatic rings. The van der Waals surface area contributed by atoms with Crippen LogP contribution in [0.5, 0.6) is 0 Å². The predicted octanol–water partition coefficient (Wildman–Crippen LogP) is 1.01. The average Bonchev–Trinajstić information content (AvgIpc) is 1.94. The minimum absolute atomic E-state index is 0.142. The molecule has 0 saturated heterocycles. The molecule has 0 heterocycles. The van der Waals surface area contributed by atoms with Crippen LogP contribution in [-0.4, -0.2) is 31.0 Å². The van der Waals surface area contributed by atoms with Crippen LogP contribution in [0.1, 0.15) is 13.8 Å². The summed E-state index contributed by atoms with van der Waals surface area (Å²) >= 11 is 0. The van der Waals surface area contributed by atoms with Gasteiger partial charge in [-0.25, -0.2) is 4.79 Å². The van der Waals surface area contributed by atoms with Crippen LogP contribution in [0.15, 0.2) is 0 Å². The van der Waals surface area contributed by atoms with E-state index in [-0.39, 0.29) is 6.61 Å². The molecule has 0 fully saturated rings. The molecule has 14 heavy (non-hydrogen) atoms. The molecular weight excluding hydrogens is 201 g/mol. The Morgan fingerprint density at radius 3 is 2.29 bits per heavy atom. The van der Waals surface area contributed by atoms with Gasteiger partial charge in [-0.3, -0.25) is 0 Å². The largest absolute Gasteiger partial charge is 0.448 e. The van der Waals surface area contributed by atoms with Crippen molar-refractivity contribution in [2.24, 2.45) is 5.73 Å². The molecule has 0 aliphatic rings. The normalized spacial score (nSPS) is 12.4. The van der Waals surface area contributed by atoms with E-state index >= 15 is 0 Å². The first kappa shape index (κ1) is 13.0. The van der Waals surface area contributed by atoms with Gasteiger partial charge >= 0.3 is 12.3 Å². The van der Waals surface area contributed by atoms with E-state index in [1.807, 2.05) is 0 Å². The molecule has 0 aliphatic heterocycles. The van der Waals surface area contributed by atoms with Crippen molar-refractivity contribution in [1.82, 2.24) is 5.32 Å². The number of amides is 1. The number of nitrogens with two attached hydrogens (primary N) is 1. The van der Waals surface area contributed by atoms with Crippen LogP contribution in [0.4, 0.5) is 18.0 Å². The maximum Gasteiger partial charge on any atom is 0.407 e. The first-order valence-electron chi connectivity index (χ1n) is 3.86. The molecule has 4 nitrogen and oxygen atoms in total. The molecular formula is C7H13F3N2O2. The summed E-state index contributed by atoms with van der Waals surface area (Å²) in [6.07, 6.45) is -5.56. The Labute approximate surface area is 79.6 Å². The van der Waals surface area contributed by atoms with Gasteiger partial charge in [-0.05, 0) is 13.8 Å². The summed E-state index contributed by atoms with van der Waals surface area (Å²) in [6.45, 7) is 1.63. The summed E-state index contributed by atoms with van der Waals surface area (Å²) in [4.78, 5) is 10.6. The van der Waals surface area contributed by atoms with E-state index < -0.39 is 24.4 Å². The fourth-order valence-corrected chi connectivity index (χ4v) is 0.475. The molecule has 0 saturated carbocycles. The third-order valence-corrected chi connectivity index (χ3v) is 1.01. The van der Waals surface area contributed by atoms with Gasteiger partial charge in [0.1, 0.15) is 13.2 Å². The molecule has 84 valence electrons. The molecule has 0 radical (unpaired) electrons. The number of halogens is 3. The maximum absolute atomic E-state index is 11.6. The Morgan fingerprint density at radius 2 is 1.93 bits per heavy atom. The maximum atomic E-state index is 11.6. The molecule has 0 rings (SSSR count). The first-order chi connectivity index (χ1) is 6.10. The molecule has 7 heteroatoms. The van der Waals surface area contributed by atoms with Crippen LogP contribution >= 0.6 is 0 Å². The quantitative estimate of drug-likeness (QED) is 0.737. The second-order valence-corrected chi connectivity index (χ2v) is 3.53. The lowest BCUT2D eigenvalue weighted by atomic mass is 10.1. The fourth-order valence-electron chi connectivity index (χ4n) is 0.475. The number of alkyl halides is 3. The van der Waals surface area contributed by atoms with Gasteiger partial charge in [-0.1, -0.05) is 0 Å². The Hall–Kier alpha value is -0.980. The van der Waals surface area contributed by atoms with Crippen LogP contribution < -0.4 is 11.1 Å². The molecule has 1 amide bonds. The topological polar surface area (TPSA) is 64.3 Å². The second kappa shape index (κ2) is 4.50. The van der Waals surface area contributed by atoms with Crippen molar-refractivity contribution in [2.75, 3.05) is 13.2 Å². The van der Waals surface area contributed by atoms with Gasteiger partial charge in [0.15, 0.2) is 0 Å². The molecule has 0 unspecified atom stereocenters. The lowest BCUT2D eigenvalue weighted by molar-refractivity contribution is -0.123. The SMILES string of the molecule is CC(C)(N)COC(=O)NCC(F)(F)F. The molecule has 0 aromatic heterocycles. The Morgan fingerprint density at radius 1 is 1.43 bits per heavy atom. The molecule has 0 spiro atoms. The summed E-state index contributed by atoms with van der Waals surface area (Å²) in [5, 5.41) is 1.55. The van der Waals surface area contributed by atoms with E-state index in [1.165, 1.54) is 0 Å². The number of carbonyl (C=O) groups is 1. The monoisotopic (exact) mass is 214 g/mol. The van der Waals surface area contributed by atoms with Crippen LogP contribution in [0, 0.1) is 0 Å². The van der Waals surface area contributed by atoms with Crippen molar-refractivity contribution < 1.29 is 22.7 Å². The Bertz CT molecular complexity index is 178. The highest BCUT2D eigenvalue weighted by Crippen LogP contribution is 2.12. The van der Waals surface area contributed by atoms with Crippen molar-refractivity contribution in [3.05, 3.63) is 0 Å². The summed E-state index contributed by atoms with van der Waals surface area (Å²) < 4.78 is 39.2. The molecule has 0 aromatic carbocycles. The summed E-state index contributed by atoms with van der Waals surface area (Å²) in [5.41, 5.74) is 4.68. The number of hydrogen-bond acceptors (Lipinski definition) is 3. The van der Waals surface area contributed by atoms with Gasteiger partial charge in [-0.2, -0.15) is 13.2 Å². The number of carbonyl (C=O) groups excluding carboxylic acids is 1. The predicted molar refractivity (Wildman–Crippen MR) is 43.7 cm³/mol. The van der Waals surface area contributed by atoms with Crippen molar-refractivity contribution in [3.63, 3.8) is 0 Å². The third-order valence-electron chi connectivity index (χ3n) is 1.01.